The van der Waals surface area contributed by atoms with E-state index in [9.17, 15) is 0 Å². The van der Waals surface area contributed by atoms with E-state index in [2.05, 4.69) is 103 Å². The zero-order chi connectivity index (χ0) is 29.7. The fourth-order valence-corrected chi connectivity index (χ4v) is 6.39. The van der Waals surface area contributed by atoms with Crippen molar-refractivity contribution < 1.29 is 4.42 Å². The molecule has 0 aliphatic heterocycles. The quantitative estimate of drug-likeness (QED) is 0.196. The Bertz CT molecular complexity index is 2540. The predicted octanol–water partition coefficient (Wildman–Crippen LogP) is 10.7. The summed E-state index contributed by atoms with van der Waals surface area (Å²) in [5.41, 5.74) is 6.68. The van der Waals surface area contributed by atoms with E-state index < -0.39 is 0 Å². The number of furan rings is 1. The molecular formula is C41H25N3O. The molecule has 0 radical (unpaired) electrons. The first-order chi connectivity index (χ1) is 22.3. The van der Waals surface area contributed by atoms with Crippen molar-refractivity contribution in [3.63, 3.8) is 0 Å². The van der Waals surface area contributed by atoms with E-state index in [4.69, 9.17) is 19.4 Å². The standard InChI is InChI=1S/C41H25N3O/c1-3-12-26(13-4-1)29-17-11-18-30(24-29)40-42-39(28-15-5-2-6-16-28)43-41(44-40)34-25-36-38(33-20-9-10-21-35(33)45-36)37-31-19-8-7-14-27(31)22-23-32(34)37/h1-25H. The summed E-state index contributed by atoms with van der Waals surface area (Å²) in [4.78, 5) is 15.3. The van der Waals surface area contributed by atoms with Gasteiger partial charge in [0.05, 0.1) is 0 Å². The summed E-state index contributed by atoms with van der Waals surface area (Å²) >= 11 is 0. The molecule has 0 aliphatic carbocycles. The molecule has 0 bridgehead atoms. The van der Waals surface area contributed by atoms with Crippen LogP contribution in [0.5, 0.6) is 0 Å². The minimum absolute atomic E-state index is 0.603. The van der Waals surface area contributed by atoms with Crippen LogP contribution in [0.3, 0.4) is 0 Å². The molecule has 2 heterocycles. The lowest BCUT2D eigenvalue weighted by Gasteiger charge is -2.13. The van der Waals surface area contributed by atoms with Crippen LogP contribution in [-0.2, 0) is 0 Å². The average Bonchev–Trinajstić information content (AvgIpc) is 3.50. The highest BCUT2D eigenvalue weighted by Crippen LogP contribution is 2.42. The molecule has 0 fully saturated rings. The van der Waals surface area contributed by atoms with Crippen LogP contribution in [0.4, 0.5) is 0 Å². The lowest BCUT2D eigenvalue weighted by Crippen LogP contribution is -2.01. The minimum atomic E-state index is 0.603. The second-order valence-electron chi connectivity index (χ2n) is 11.2. The van der Waals surface area contributed by atoms with Gasteiger partial charge in [0.25, 0.3) is 0 Å². The van der Waals surface area contributed by atoms with Crippen LogP contribution in [0.1, 0.15) is 0 Å². The molecule has 9 aromatic rings. The Morgan fingerprint density at radius 3 is 1.80 bits per heavy atom. The van der Waals surface area contributed by atoms with E-state index in [0.29, 0.717) is 17.5 Å². The van der Waals surface area contributed by atoms with Crippen molar-refractivity contribution in [3.05, 3.63) is 152 Å². The lowest BCUT2D eigenvalue weighted by atomic mass is 9.94. The summed E-state index contributed by atoms with van der Waals surface area (Å²) in [5, 5.41) is 6.75. The Labute approximate surface area is 259 Å². The smallest absolute Gasteiger partial charge is 0.164 e. The van der Waals surface area contributed by atoms with Gasteiger partial charge in [-0.1, -0.05) is 133 Å². The third kappa shape index (κ3) is 4.27. The molecule has 0 saturated heterocycles. The van der Waals surface area contributed by atoms with Crippen LogP contribution in [0.15, 0.2) is 156 Å². The number of hydrogen-bond donors (Lipinski definition) is 0. The number of aromatic nitrogens is 3. The fraction of sp³-hybridized carbons (Fsp3) is 0. The van der Waals surface area contributed by atoms with E-state index in [1.807, 2.05) is 48.5 Å². The van der Waals surface area contributed by atoms with Crippen molar-refractivity contribution in [2.45, 2.75) is 0 Å². The van der Waals surface area contributed by atoms with Gasteiger partial charge in [0.1, 0.15) is 11.2 Å². The molecule has 0 saturated carbocycles. The molecule has 0 aliphatic rings. The lowest BCUT2D eigenvalue weighted by molar-refractivity contribution is 0.669. The highest BCUT2D eigenvalue weighted by Gasteiger charge is 2.20. The molecule has 0 atom stereocenters. The maximum Gasteiger partial charge on any atom is 0.164 e. The molecule has 0 N–H and O–H groups in total. The molecule has 0 amide bonds. The minimum Gasteiger partial charge on any atom is -0.456 e. The second-order valence-corrected chi connectivity index (χ2v) is 11.2. The molecular weight excluding hydrogens is 550 g/mol. The van der Waals surface area contributed by atoms with Crippen molar-refractivity contribution in [3.8, 4) is 45.3 Å². The van der Waals surface area contributed by atoms with Crippen LogP contribution < -0.4 is 0 Å². The topological polar surface area (TPSA) is 51.8 Å². The van der Waals surface area contributed by atoms with Gasteiger partial charge in [-0.25, -0.2) is 15.0 Å². The largest absolute Gasteiger partial charge is 0.456 e. The number of fused-ring (bicyclic) bond motifs is 7. The summed E-state index contributed by atoms with van der Waals surface area (Å²) < 4.78 is 6.49. The van der Waals surface area contributed by atoms with Crippen LogP contribution in [0.25, 0.3) is 88.8 Å². The summed E-state index contributed by atoms with van der Waals surface area (Å²) in [6.07, 6.45) is 0. The second kappa shape index (κ2) is 10.2. The van der Waals surface area contributed by atoms with Gasteiger partial charge < -0.3 is 4.42 Å². The molecule has 2 aromatic heterocycles. The summed E-state index contributed by atoms with van der Waals surface area (Å²) in [5.74, 6) is 1.85. The van der Waals surface area contributed by atoms with E-state index >= 15 is 0 Å². The molecule has 45 heavy (non-hydrogen) atoms. The normalized spacial score (nSPS) is 11.6. The zero-order valence-corrected chi connectivity index (χ0v) is 24.2. The van der Waals surface area contributed by atoms with Gasteiger partial charge in [0.15, 0.2) is 17.5 Å². The van der Waals surface area contributed by atoms with E-state index in [1.165, 1.54) is 10.8 Å². The molecule has 9 rings (SSSR count). The number of benzene rings is 7. The van der Waals surface area contributed by atoms with Gasteiger partial charge in [-0.05, 0) is 45.5 Å². The fourth-order valence-electron chi connectivity index (χ4n) is 6.39. The van der Waals surface area contributed by atoms with Crippen molar-refractivity contribution in [2.75, 3.05) is 0 Å². The maximum atomic E-state index is 6.49. The van der Waals surface area contributed by atoms with E-state index in [1.54, 1.807) is 0 Å². The van der Waals surface area contributed by atoms with Gasteiger partial charge in [-0.2, -0.15) is 0 Å². The maximum absolute atomic E-state index is 6.49. The zero-order valence-electron chi connectivity index (χ0n) is 24.2. The first kappa shape index (κ1) is 25.4. The number of hydrogen-bond acceptors (Lipinski definition) is 4. The highest BCUT2D eigenvalue weighted by molar-refractivity contribution is 6.29. The molecule has 0 unspecified atom stereocenters. The average molecular weight is 576 g/mol. The molecule has 210 valence electrons. The van der Waals surface area contributed by atoms with Crippen LogP contribution in [0.2, 0.25) is 0 Å². The molecule has 0 spiro atoms. The summed E-state index contributed by atoms with van der Waals surface area (Å²) in [6, 6.07) is 52.1. The van der Waals surface area contributed by atoms with Crippen LogP contribution >= 0.6 is 0 Å². The Morgan fingerprint density at radius 1 is 0.356 bits per heavy atom. The van der Waals surface area contributed by atoms with Gasteiger partial charge in [0, 0.05) is 32.8 Å². The number of rotatable bonds is 4. The molecule has 4 nitrogen and oxygen atoms in total. The predicted molar refractivity (Wildman–Crippen MR) is 184 cm³/mol. The number of nitrogens with zero attached hydrogens (tertiary/aromatic N) is 3. The van der Waals surface area contributed by atoms with Gasteiger partial charge >= 0.3 is 0 Å². The Hall–Kier alpha value is -6.13. The highest BCUT2D eigenvalue weighted by atomic mass is 16.3. The molecule has 7 aromatic carbocycles. The third-order valence-corrected chi connectivity index (χ3v) is 8.50. The Kier molecular flexibility index (Phi) is 5.78. The van der Waals surface area contributed by atoms with E-state index in [-0.39, 0.29) is 0 Å². The van der Waals surface area contributed by atoms with Crippen LogP contribution in [0, 0.1) is 0 Å². The van der Waals surface area contributed by atoms with E-state index in [0.717, 1.165) is 60.5 Å². The third-order valence-electron chi connectivity index (χ3n) is 8.50. The Balaban J connectivity index is 1.35. The first-order valence-corrected chi connectivity index (χ1v) is 15.0. The SMILES string of the molecule is c1ccc(-c2cccc(-c3nc(-c4ccccc4)nc(-c4cc5oc6ccccc6c5c5c4ccc4ccccc45)n3)c2)cc1. The summed E-state index contributed by atoms with van der Waals surface area (Å²) in [7, 11) is 0. The first-order valence-electron chi connectivity index (χ1n) is 15.0. The Morgan fingerprint density at radius 2 is 0.978 bits per heavy atom. The van der Waals surface area contributed by atoms with Gasteiger partial charge in [-0.3, -0.25) is 0 Å². The monoisotopic (exact) mass is 575 g/mol. The summed E-state index contributed by atoms with van der Waals surface area (Å²) in [6.45, 7) is 0. The van der Waals surface area contributed by atoms with Crippen molar-refractivity contribution >= 4 is 43.5 Å². The number of para-hydroxylation sites is 1. The van der Waals surface area contributed by atoms with Gasteiger partial charge in [-0.15, -0.1) is 0 Å². The van der Waals surface area contributed by atoms with Gasteiger partial charge in [0.2, 0.25) is 0 Å². The van der Waals surface area contributed by atoms with Crippen LogP contribution in [-0.4, -0.2) is 15.0 Å². The molecule has 4 heteroatoms. The van der Waals surface area contributed by atoms with Crippen molar-refractivity contribution in [1.29, 1.82) is 0 Å². The van der Waals surface area contributed by atoms with Crippen molar-refractivity contribution in [2.24, 2.45) is 0 Å². The van der Waals surface area contributed by atoms with Crippen molar-refractivity contribution in [1.82, 2.24) is 15.0 Å².